The molecule has 3 aromatic carbocycles. The highest BCUT2D eigenvalue weighted by Crippen LogP contribution is 2.39. The first-order chi connectivity index (χ1) is 18.2. The highest BCUT2D eigenvalue weighted by molar-refractivity contribution is 6.04. The fraction of sp³-hybridized carbons (Fsp3) is 0.452. The SMILES string of the molecule is CCCC(NC(=O)c1ccc2c(F)c(F)c(F)c(F)c2c1O)Oc1ccc(C(C)(C)CC)cc1C(C)(C)CC. The number of fused-ring (bicyclic) bond motifs is 1. The maximum absolute atomic E-state index is 14.4. The lowest BCUT2D eigenvalue weighted by Crippen LogP contribution is -2.39. The molecule has 0 heterocycles. The minimum Gasteiger partial charge on any atom is -0.506 e. The van der Waals surface area contributed by atoms with Gasteiger partial charge in [0.15, 0.2) is 29.5 Å². The van der Waals surface area contributed by atoms with Crippen molar-refractivity contribution in [3.8, 4) is 11.5 Å². The highest BCUT2D eigenvalue weighted by Gasteiger charge is 2.29. The number of ether oxygens (including phenoxy) is 1. The molecule has 0 saturated heterocycles. The van der Waals surface area contributed by atoms with Crippen LogP contribution < -0.4 is 10.1 Å². The molecule has 0 aliphatic carbocycles. The predicted octanol–water partition coefficient (Wildman–Crippen LogP) is 8.41. The lowest BCUT2D eigenvalue weighted by atomic mass is 9.76. The van der Waals surface area contributed by atoms with Gasteiger partial charge in [-0.25, -0.2) is 17.6 Å². The summed E-state index contributed by atoms with van der Waals surface area (Å²) in [7, 11) is 0. The Kier molecular flexibility index (Phi) is 8.88. The van der Waals surface area contributed by atoms with E-state index in [1.807, 2.05) is 19.1 Å². The Hall–Kier alpha value is -3.29. The molecule has 0 spiro atoms. The van der Waals surface area contributed by atoms with Crippen LogP contribution in [0.2, 0.25) is 0 Å². The Morgan fingerprint density at radius 1 is 0.897 bits per heavy atom. The van der Waals surface area contributed by atoms with Crippen LogP contribution in [0.4, 0.5) is 17.6 Å². The van der Waals surface area contributed by atoms with E-state index in [0.29, 0.717) is 18.6 Å². The average Bonchev–Trinajstić information content (AvgIpc) is 2.90. The average molecular weight is 548 g/mol. The topological polar surface area (TPSA) is 58.6 Å². The minimum atomic E-state index is -2.07. The summed E-state index contributed by atoms with van der Waals surface area (Å²) in [6.45, 7) is 14.7. The Morgan fingerprint density at radius 3 is 2.10 bits per heavy atom. The number of carbonyl (C=O) groups is 1. The van der Waals surface area contributed by atoms with Crippen LogP contribution in [-0.2, 0) is 10.8 Å². The molecular weight excluding hydrogens is 510 g/mol. The van der Waals surface area contributed by atoms with Gasteiger partial charge in [-0.3, -0.25) is 4.79 Å². The molecule has 3 rings (SSSR count). The van der Waals surface area contributed by atoms with Crippen LogP contribution in [0.15, 0.2) is 30.3 Å². The number of aromatic hydroxyl groups is 1. The number of nitrogens with one attached hydrogen (secondary N) is 1. The molecule has 0 bridgehead atoms. The molecule has 1 amide bonds. The second-order valence-electron chi connectivity index (χ2n) is 11.2. The van der Waals surface area contributed by atoms with Crippen molar-refractivity contribution in [2.75, 3.05) is 0 Å². The molecule has 3 aromatic rings. The van der Waals surface area contributed by atoms with E-state index >= 15 is 0 Å². The van der Waals surface area contributed by atoms with Crippen LogP contribution in [0.25, 0.3) is 10.8 Å². The summed E-state index contributed by atoms with van der Waals surface area (Å²) in [5, 5.41) is 11.7. The summed E-state index contributed by atoms with van der Waals surface area (Å²) in [6.07, 6.45) is 2.03. The molecule has 8 heteroatoms. The number of halogens is 4. The standard InChI is InChI=1S/C31H37F4NO3/c1-8-11-22(39-21-15-12-17(30(4,5)9-2)16-20(21)31(6,7)10-3)36-29(38)19-14-13-18-23(28(19)37)25(33)27(35)26(34)24(18)32/h12-16,22,37H,8-11H2,1-7H3,(H,36,38). The van der Waals surface area contributed by atoms with Gasteiger partial charge in [0.25, 0.3) is 5.91 Å². The molecule has 39 heavy (non-hydrogen) atoms. The van der Waals surface area contributed by atoms with Gasteiger partial charge in [0, 0.05) is 17.4 Å². The number of rotatable bonds is 10. The quantitative estimate of drug-likeness (QED) is 0.116. The first kappa shape index (κ1) is 30.3. The van der Waals surface area contributed by atoms with E-state index in [2.05, 4.69) is 52.9 Å². The van der Waals surface area contributed by atoms with E-state index in [9.17, 15) is 27.5 Å². The fourth-order valence-corrected chi connectivity index (χ4v) is 4.38. The first-order valence-electron chi connectivity index (χ1n) is 13.3. The third-order valence-corrected chi connectivity index (χ3v) is 7.83. The van der Waals surface area contributed by atoms with E-state index in [1.54, 1.807) is 0 Å². The Labute approximate surface area is 227 Å². The van der Waals surface area contributed by atoms with Crippen molar-refractivity contribution < 1.29 is 32.2 Å². The number of hydrogen-bond acceptors (Lipinski definition) is 3. The molecule has 0 saturated carbocycles. The fourth-order valence-electron chi connectivity index (χ4n) is 4.38. The van der Waals surface area contributed by atoms with E-state index in [-0.39, 0.29) is 10.8 Å². The van der Waals surface area contributed by atoms with Crippen LogP contribution in [0.3, 0.4) is 0 Å². The van der Waals surface area contributed by atoms with E-state index in [1.165, 1.54) is 5.56 Å². The van der Waals surface area contributed by atoms with Crippen LogP contribution in [0.5, 0.6) is 11.5 Å². The summed E-state index contributed by atoms with van der Waals surface area (Å²) < 4.78 is 62.5. The van der Waals surface area contributed by atoms with Crippen LogP contribution >= 0.6 is 0 Å². The monoisotopic (exact) mass is 547 g/mol. The Bertz CT molecular complexity index is 1380. The summed E-state index contributed by atoms with van der Waals surface area (Å²) in [5.41, 5.74) is 1.46. The molecule has 1 atom stereocenters. The molecule has 0 aliphatic heterocycles. The summed E-state index contributed by atoms with van der Waals surface area (Å²) in [5.74, 6) is -8.72. The number of benzene rings is 3. The molecule has 1 unspecified atom stereocenters. The van der Waals surface area contributed by atoms with Crippen LogP contribution in [0.1, 0.15) is 95.6 Å². The first-order valence-corrected chi connectivity index (χ1v) is 13.3. The highest BCUT2D eigenvalue weighted by atomic mass is 19.2. The second kappa shape index (κ2) is 11.4. The van der Waals surface area contributed by atoms with Gasteiger partial charge in [0.2, 0.25) is 0 Å². The maximum atomic E-state index is 14.4. The maximum Gasteiger partial charge on any atom is 0.257 e. The number of phenols is 1. The molecule has 212 valence electrons. The van der Waals surface area contributed by atoms with Gasteiger partial charge in [-0.15, -0.1) is 0 Å². The number of hydrogen-bond donors (Lipinski definition) is 2. The van der Waals surface area contributed by atoms with E-state index < -0.39 is 57.5 Å². The predicted molar refractivity (Wildman–Crippen MR) is 145 cm³/mol. The van der Waals surface area contributed by atoms with Gasteiger partial charge < -0.3 is 15.2 Å². The van der Waals surface area contributed by atoms with E-state index in [0.717, 1.165) is 30.5 Å². The Morgan fingerprint density at radius 2 is 1.51 bits per heavy atom. The van der Waals surface area contributed by atoms with Gasteiger partial charge in [-0.05, 0) is 41.4 Å². The van der Waals surface area contributed by atoms with Crippen molar-refractivity contribution in [1.82, 2.24) is 5.32 Å². The van der Waals surface area contributed by atoms with Gasteiger partial charge in [-0.2, -0.15) is 0 Å². The number of carbonyl (C=O) groups excluding carboxylic acids is 1. The normalized spacial score (nSPS) is 13.0. The minimum absolute atomic E-state index is 0.0428. The van der Waals surface area contributed by atoms with Gasteiger partial charge >= 0.3 is 0 Å². The molecule has 0 fully saturated rings. The van der Waals surface area contributed by atoms with Crippen LogP contribution in [-0.4, -0.2) is 17.2 Å². The zero-order valence-corrected chi connectivity index (χ0v) is 23.6. The lowest BCUT2D eigenvalue weighted by molar-refractivity contribution is 0.0807. The van der Waals surface area contributed by atoms with Gasteiger partial charge in [0.1, 0.15) is 11.5 Å². The van der Waals surface area contributed by atoms with Crippen molar-refractivity contribution in [3.05, 3.63) is 70.3 Å². The van der Waals surface area contributed by atoms with Crippen LogP contribution in [0, 0.1) is 23.3 Å². The summed E-state index contributed by atoms with van der Waals surface area (Å²) >= 11 is 0. The molecule has 2 N–H and O–H groups in total. The van der Waals surface area contributed by atoms with Crippen molar-refractivity contribution in [3.63, 3.8) is 0 Å². The van der Waals surface area contributed by atoms with Crippen molar-refractivity contribution >= 4 is 16.7 Å². The van der Waals surface area contributed by atoms with Gasteiger partial charge in [-0.1, -0.05) is 73.1 Å². The molecule has 0 aromatic heterocycles. The molecule has 4 nitrogen and oxygen atoms in total. The van der Waals surface area contributed by atoms with Gasteiger partial charge in [0.05, 0.1) is 10.9 Å². The number of phenolic OH excluding ortho intramolecular Hbond substituents is 1. The van der Waals surface area contributed by atoms with E-state index in [4.69, 9.17) is 4.74 Å². The smallest absolute Gasteiger partial charge is 0.257 e. The summed E-state index contributed by atoms with van der Waals surface area (Å²) in [4.78, 5) is 13.2. The van der Waals surface area contributed by atoms with Crippen molar-refractivity contribution in [2.24, 2.45) is 0 Å². The summed E-state index contributed by atoms with van der Waals surface area (Å²) in [6, 6.07) is 8.02. The zero-order chi connectivity index (χ0) is 29.3. The molecule has 0 aliphatic rings. The lowest BCUT2D eigenvalue weighted by Gasteiger charge is -2.32. The third kappa shape index (κ3) is 5.85. The zero-order valence-electron chi connectivity index (χ0n) is 23.6. The number of amides is 1. The largest absolute Gasteiger partial charge is 0.506 e. The Balaban J connectivity index is 2.00. The molecular formula is C31H37F4NO3. The molecule has 0 radical (unpaired) electrons. The van der Waals surface area contributed by atoms with Crippen molar-refractivity contribution in [1.29, 1.82) is 0 Å². The third-order valence-electron chi connectivity index (χ3n) is 7.83. The second-order valence-corrected chi connectivity index (χ2v) is 11.2. The van der Waals surface area contributed by atoms with Crippen molar-refractivity contribution in [2.45, 2.75) is 91.2 Å².